The van der Waals surface area contributed by atoms with Crippen molar-refractivity contribution in [2.24, 2.45) is 5.73 Å². The highest BCUT2D eigenvalue weighted by Gasteiger charge is 2.11. The summed E-state index contributed by atoms with van der Waals surface area (Å²) in [6, 6.07) is 14.5. The van der Waals surface area contributed by atoms with E-state index < -0.39 is 9.84 Å². The topological polar surface area (TPSA) is 69.4 Å². The van der Waals surface area contributed by atoms with E-state index in [0.29, 0.717) is 18.0 Å². The normalized spacial score (nSPS) is 10.8. The Bertz CT molecular complexity index is 717. The first kappa shape index (κ1) is 18.5. The molecule has 0 fully saturated rings. The first-order valence-electron chi connectivity index (χ1n) is 6.75. The van der Waals surface area contributed by atoms with E-state index >= 15 is 0 Å². The molecule has 0 unspecified atom stereocenters. The Morgan fingerprint density at radius 3 is 2.50 bits per heavy atom. The van der Waals surface area contributed by atoms with Gasteiger partial charge in [0, 0.05) is 11.8 Å². The van der Waals surface area contributed by atoms with Crippen molar-refractivity contribution in [3.05, 3.63) is 48.5 Å². The smallest absolute Gasteiger partial charge is 0.175 e. The molecule has 0 bridgehead atoms. The quantitative estimate of drug-likeness (QED) is 0.820. The van der Waals surface area contributed by atoms with E-state index in [4.69, 9.17) is 10.5 Å². The first-order chi connectivity index (χ1) is 10.0. The summed E-state index contributed by atoms with van der Waals surface area (Å²) in [6.07, 6.45) is 1.98. The molecule has 0 saturated heterocycles. The van der Waals surface area contributed by atoms with E-state index in [1.807, 2.05) is 30.3 Å². The van der Waals surface area contributed by atoms with Gasteiger partial charge >= 0.3 is 0 Å². The summed E-state index contributed by atoms with van der Waals surface area (Å²) < 4.78 is 29.1. The van der Waals surface area contributed by atoms with E-state index in [2.05, 4.69) is 0 Å². The lowest BCUT2D eigenvalue weighted by atomic mass is 10.0. The van der Waals surface area contributed by atoms with E-state index in [1.165, 1.54) is 6.26 Å². The van der Waals surface area contributed by atoms with Crippen LogP contribution >= 0.6 is 12.4 Å². The molecule has 2 N–H and O–H groups in total. The van der Waals surface area contributed by atoms with Gasteiger partial charge in [-0.25, -0.2) is 8.42 Å². The third kappa shape index (κ3) is 4.73. The molecule has 0 atom stereocenters. The van der Waals surface area contributed by atoms with Gasteiger partial charge in [-0.2, -0.15) is 0 Å². The van der Waals surface area contributed by atoms with Gasteiger partial charge in [0.25, 0.3) is 0 Å². The number of benzene rings is 2. The monoisotopic (exact) mass is 341 g/mol. The van der Waals surface area contributed by atoms with E-state index in [0.717, 1.165) is 23.3 Å². The molecule has 4 nitrogen and oxygen atoms in total. The van der Waals surface area contributed by atoms with Crippen molar-refractivity contribution in [2.45, 2.75) is 11.3 Å². The zero-order chi connectivity index (χ0) is 15.3. The molecule has 0 aliphatic heterocycles. The van der Waals surface area contributed by atoms with Crippen LogP contribution in [0, 0.1) is 0 Å². The Labute approximate surface area is 137 Å². The fourth-order valence-corrected chi connectivity index (χ4v) is 2.66. The first-order valence-corrected chi connectivity index (χ1v) is 8.64. The predicted molar refractivity (Wildman–Crippen MR) is 91.4 cm³/mol. The molecule has 2 aromatic rings. The summed E-state index contributed by atoms with van der Waals surface area (Å²) >= 11 is 0. The Balaban J connectivity index is 0.00000242. The molecular weight excluding hydrogens is 322 g/mol. The third-order valence-corrected chi connectivity index (χ3v) is 4.18. The van der Waals surface area contributed by atoms with Crippen molar-refractivity contribution in [2.75, 3.05) is 19.4 Å². The van der Waals surface area contributed by atoms with Gasteiger partial charge in [0.2, 0.25) is 0 Å². The van der Waals surface area contributed by atoms with E-state index in [1.54, 1.807) is 18.2 Å². The van der Waals surface area contributed by atoms with E-state index in [-0.39, 0.29) is 12.4 Å². The van der Waals surface area contributed by atoms with Crippen molar-refractivity contribution in [1.29, 1.82) is 0 Å². The van der Waals surface area contributed by atoms with Crippen LogP contribution < -0.4 is 10.5 Å². The van der Waals surface area contributed by atoms with Crippen LogP contribution in [-0.2, 0) is 9.84 Å². The van der Waals surface area contributed by atoms with Gasteiger partial charge in [0.1, 0.15) is 5.75 Å². The maximum absolute atomic E-state index is 11.7. The molecule has 120 valence electrons. The molecule has 2 rings (SSSR count). The zero-order valence-corrected chi connectivity index (χ0v) is 14.0. The highest BCUT2D eigenvalue weighted by atomic mass is 35.5. The number of ether oxygens (including phenoxy) is 1. The number of halogens is 1. The standard InChI is InChI=1S/C16H19NO3S.ClH/c1-21(18,19)14-7-4-6-13(12-14)15-8-2-3-9-16(15)20-11-5-10-17;/h2-4,6-9,12H,5,10-11,17H2,1H3;1H. The van der Waals surface area contributed by atoms with Gasteiger partial charge in [0.15, 0.2) is 9.84 Å². The van der Waals surface area contributed by atoms with Gasteiger partial charge in [-0.3, -0.25) is 0 Å². The molecular formula is C16H20ClNO3S. The molecule has 0 aliphatic carbocycles. The molecule has 22 heavy (non-hydrogen) atoms. The lowest BCUT2D eigenvalue weighted by molar-refractivity contribution is 0.314. The number of hydrogen-bond acceptors (Lipinski definition) is 4. The Morgan fingerprint density at radius 2 is 1.82 bits per heavy atom. The van der Waals surface area contributed by atoms with Crippen molar-refractivity contribution < 1.29 is 13.2 Å². The minimum absolute atomic E-state index is 0. The van der Waals surface area contributed by atoms with Crippen molar-refractivity contribution in [3.63, 3.8) is 0 Å². The molecule has 0 aromatic heterocycles. The fraction of sp³-hybridized carbons (Fsp3) is 0.250. The molecule has 0 saturated carbocycles. The molecule has 0 amide bonds. The zero-order valence-electron chi connectivity index (χ0n) is 12.4. The Kier molecular flexibility index (Phi) is 6.87. The average molecular weight is 342 g/mol. The van der Waals surface area contributed by atoms with Gasteiger partial charge in [-0.05, 0) is 36.7 Å². The number of nitrogens with two attached hydrogens (primary N) is 1. The lowest BCUT2D eigenvalue weighted by Gasteiger charge is -2.12. The summed E-state index contributed by atoms with van der Waals surface area (Å²) in [4.78, 5) is 0.303. The Hall–Kier alpha value is -1.56. The minimum Gasteiger partial charge on any atom is -0.493 e. The summed E-state index contributed by atoms with van der Waals surface area (Å²) in [5.74, 6) is 0.733. The third-order valence-electron chi connectivity index (χ3n) is 3.07. The van der Waals surface area contributed by atoms with Crippen molar-refractivity contribution in [3.8, 4) is 16.9 Å². The van der Waals surface area contributed by atoms with Gasteiger partial charge in [-0.15, -0.1) is 12.4 Å². The number of para-hydroxylation sites is 1. The lowest BCUT2D eigenvalue weighted by Crippen LogP contribution is -2.06. The molecule has 0 aliphatic rings. The molecule has 6 heteroatoms. The predicted octanol–water partition coefficient (Wildman–Crippen LogP) is 2.91. The second-order valence-electron chi connectivity index (χ2n) is 4.79. The molecule has 0 heterocycles. The van der Waals surface area contributed by atoms with Gasteiger partial charge < -0.3 is 10.5 Å². The van der Waals surface area contributed by atoms with Crippen molar-refractivity contribution in [1.82, 2.24) is 0 Å². The molecule has 0 radical (unpaired) electrons. The van der Waals surface area contributed by atoms with E-state index in [9.17, 15) is 8.42 Å². The summed E-state index contributed by atoms with van der Waals surface area (Å²) in [5.41, 5.74) is 7.16. The summed E-state index contributed by atoms with van der Waals surface area (Å²) in [7, 11) is -3.22. The SMILES string of the molecule is CS(=O)(=O)c1cccc(-c2ccccc2OCCCN)c1.Cl. The Morgan fingerprint density at radius 1 is 1.09 bits per heavy atom. The summed E-state index contributed by atoms with van der Waals surface area (Å²) in [6.45, 7) is 1.12. The average Bonchev–Trinajstić information content (AvgIpc) is 2.47. The molecule has 0 spiro atoms. The highest BCUT2D eigenvalue weighted by molar-refractivity contribution is 7.90. The molecule has 2 aromatic carbocycles. The fourth-order valence-electron chi connectivity index (χ4n) is 1.99. The summed E-state index contributed by atoms with van der Waals surface area (Å²) in [5, 5.41) is 0. The minimum atomic E-state index is -3.22. The largest absolute Gasteiger partial charge is 0.493 e. The van der Waals surface area contributed by atoms with Crippen LogP contribution in [-0.4, -0.2) is 27.8 Å². The maximum Gasteiger partial charge on any atom is 0.175 e. The van der Waals surface area contributed by atoms with Gasteiger partial charge in [0.05, 0.1) is 11.5 Å². The van der Waals surface area contributed by atoms with Gasteiger partial charge in [-0.1, -0.05) is 30.3 Å². The van der Waals surface area contributed by atoms with Crippen LogP contribution in [0.3, 0.4) is 0 Å². The van der Waals surface area contributed by atoms with Crippen LogP contribution in [0.4, 0.5) is 0 Å². The highest BCUT2D eigenvalue weighted by Crippen LogP contribution is 2.31. The second kappa shape index (κ2) is 8.17. The number of rotatable bonds is 6. The van der Waals surface area contributed by atoms with Crippen LogP contribution in [0.5, 0.6) is 5.75 Å². The van der Waals surface area contributed by atoms with Crippen LogP contribution in [0.1, 0.15) is 6.42 Å². The van der Waals surface area contributed by atoms with Crippen molar-refractivity contribution >= 4 is 22.2 Å². The van der Waals surface area contributed by atoms with Crippen LogP contribution in [0.25, 0.3) is 11.1 Å². The number of sulfone groups is 1. The van der Waals surface area contributed by atoms with Crippen LogP contribution in [0.15, 0.2) is 53.4 Å². The van der Waals surface area contributed by atoms with Crippen LogP contribution in [0.2, 0.25) is 0 Å². The number of hydrogen-bond donors (Lipinski definition) is 1. The second-order valence-corrected chi connectivity index (χ2v) is 6.80. The maximum atomic E-state index is 11.7.